The highest BCUT2D eigenvalue weighted by Gasteiger charge is 2.34. The fourth-order valence-corrected chi connectivity index (χ4v) is 5.94. The number of nitrogens with one attached hydrogen (secondary N) is 1. The third kappa shape index (κ3) is 3.78. The maximum absolute atomic E-state index is 12.4. The summed E-state index contributed by atoms with van der Waals surface area (Å²) in [5.41, 5.74) is 1.07. The molecule has 1 aromatic heterocycles. The Morgan fingerprint density at radius 1 is 1.12 bits per heavy atom. The summed E-state index contributed by atoms with van der Waals surface area (Å²) in [4.78, 5) is 14.7. The maximum Gasteiger partial charge on any atom is 0.240 e. The second kappa shape index (κ2) is 7.04. The van der Waals surface area contributed by atoms with Gasteiger partial charge < -0.3 is 9.88 Å². The van der Waals surface area contributed by atoms with E-state index >= 15 is 0 Å². The SMILES string of the molecule is O=C(Cn1ccc2ccccc21)NC1CCN([C@@H]2CCS(=O)(=O)C2)CC1. The predicted octanol–water partition coefficient (Wildman–Crippen LogP) is 1.41. The van der Waals surface area contributed by atoms with Gasteiger partial charge in [0, 0.05) is 36.9 Å². The molecule has 140 valence electrons. The lowest BCUT2D eigenvalue weighted by molar-refractivity contribution is -0.122. The molecule has 0 unspecified atom stereocenters. The van der Waals surface area contributed by atoms with Gasteiger partial charge in [-0.25, -0.2) is 8.42 Å². The average Bonchev–Trinajstić information content (AvgIpc) is 3.19. The van der Waals surface area contributed by atoms with Gasteiger partial charge in [0.25, 0.3) is 0 Å². The molecule has 0 saturated carbocycles. The summed E-state index contributed by atoms with van der Waals surface area (Å²) in [6.45, 7) is 2.05. The first-order chi connectivity index (χ1) is 12.5. The monoisotopic (exact) mass is 375 g/mol. The molecule has 0 aliphatic carbocycles. The van der Waals surface area contributed by atoms with E-state index in [2.05, 4.69) is 10.2 Å². The molecular weight excluding hydrogens is 350 g/mol. The summed E-state index contributed by atoms with van der Waals surface area (Å²) in [6, 6.07) is 10.4. The lowest BCUT2D eigenvalue weighted by atomic mass is 10.0. The molecule has 26 heavy (non-hydrogen) atoms. The third-order valence-electron chi connectivity index (χ3n) is 5.61. The van der Waals surface area contributed by atoms with Crippen molar-refractivity contribution in [2.75, 3.05) is 24.6 Å². The summed E-state index contributed by atoms with van der Waals surface area (Å²) in [6.07, 6.45) is 4.47. The fourth-order valence-electron chi connectivity index (χ4n) is 4.18. The van der Waals surface area contributed by atoms with Gasteiger partial charge in [-0.2, -0.15) is 0 Å². The quantitative estimate of drug-likeness (QED) is 0.877. The Labute approximate surface area is 154 Å². The highest BCUT2D eigenvalue weighted by Crippen LogP contribution is 2.22. The molecule has 1 N–H and O–H groups in total. The zero-order chi connectivity index (χ0) is 18.1. The Morgan fingerprint density at radius 2 is 1.88 bits per heavy atom. The topological polar surface area (TPSA) is 71.4 Å². The lowest BCUT2D eigenvalue weighted by Gasteiger charge is -2.35. The minimum absolute atomic E-state index is 0.0354. The first-order valence-electron chi connectivity index (χ1n) is 9.28. The largest absolute Gasteiger partial charge is 0.352 e. The van der Waals surface area contributed by atoms with Crippen LogP contribution in [-0.2, 0) is 21.2 Å². The van der Waals surface area contributed by atoms with E-state index in [0.717, 1.165) is 43.3 Å². The standard InChI is InChI=1S/C19H25N3O3S/c23-19(13-22-9-5-15-3-1-2-4-18(15)22)20-16-6-10-21(11-7-16)17-8-12-26(24,25)14-17/h1-5,9,16-17H,6-8,10-14H2,(H,20,23)/t17-/m1/s1. The number of aromatic nitrogens is 1. The molecule has 0 spiro atoms. The molecule has 7 heteroatoms. The number of carbonyl (C=O) groups is 1. The lowest BCUT2D eigenvalue weighted by Crippen LogP contribution is -2.48. The summed E-state index contributed by atoms with van der Waals surface area (Å²) < 4.78 is 25.3. The zero-order valence-corrected chi connectivity index (χ0v) is 15.6. The number of fused-ring (bicyclic) bond motifs is 1. The molecular formula is C19H25N3O3S. The van der Waals surface area contributed by atoms with Crippen LogP contribution >= 0.6 is 0 Å². The molecule has 1 amide bonds. The Kier molecular flexibility index (Phi) is 4.75. The summed E-state index contributed by atoms with van der Waals surface area (Å²) in [5, 5.41) is 4.28. The van der Waals surface area contributed by atoms with Crippen LogP contribution in [0.3, 0.4) is 0 Å². The number of para-hydroxylation sites is 1. The fraction of sp³-hybridized carbons (Fsp3) is 0.526. The molecule has 2 saturated heterocycles. The number of piperidine rings is 1. The molecule has 2 fully saturated rings. The summed E-state index contributed by atoms with van der Waals surface area (Å²) in [5.74, 6) is 0.650. The van der Waals surface area contributed by atoms with Gasteiger partial charge in [-0.05, 0) is 36.8 Å². The Balaban J connectivity index is 1.28. The van der Waals surface area contributed by atoms with E-state index < -0.39 is 9.84 Å². The van der Waals surface area contributed by atoms with Gasteiger partial charge in [0.1, 0.15) is 6.54 Å². The zero-order valence-electron chi connectivity index (χ0n) is 14.8. The predicted molar refractivity (Wildman–Crippen MR) is 102 cm³/mol. The average molecular weight is 375 g/mol. The number of benzene rings is 1. The van der Waals surface area contributed by atoms with Crippen molar-refractivity contribution < 1.29 is 13.2 Å². The number of likely N-dealkylation sites (tertiary alicyclic amines) is 1. The molecule has 1 aromatic carbocycles. The molecule has 2 aliphatic rings. The minimum Gasteiger partial charge on any atom is -0.352 e. The first kappa shape index (κ1) is 17.5. The van der Waals surface area contributed by atoms with Crippen molar-refractivity contribution in [2.45, 2.75) is 37.9 Å². The van der Waals surface area contributed by atoms with E-state index in [1.807, 2.05) is 41.1 Å². The normalized spacial score (nSPS) is 24.1. The molecule has 0 radical (unpaired) electrons. The van der Waals surface area contributed by atoms with Crippen molar-refractivity contribution in [1.82, 2.24) is 14.8 Å². The number of carbonyl (C=O) groups excluding carboxylic acids is 1. The highest BCUT2D eigenvalue weighted by molar-refractivity contribution is 7.91. The van der Waals surface area contributed by atoms with Crippen LogP contribution in [0.2, 0.25) is 0 Å². The van der Waals surface area contributed by atoms with Crippen molar-refractivity contribution in [2.24, 2.45) is 0 Å². The van der Waals surface area contributed by atoms with Crippen molar-refractivity contribution in [3.05, 3.63) is 36.5 Å². The Morgan fingerprint density at radius 3 is 2.62 bits per heavy atom. The number of rotatable bonds is 4. The van der Waals surface area contributed by atoms with Crippen LogP contribution in [-0.4, -0.2) is 60.5 Å². The molecule has 4 rings (SSSR count). The van der Waals surface area contributed by atoms with Crippen LogP contribution < -0.4 is 5.32 Å². The van der Waals surface area contributed by atoms with E-state index in [1.54, 1.807) is 0 Å². The molecule has 1 atom stereocenters. The number of amides is 1. The number of sulfone groups is 1. The van der Waals surface area contributed by atoms with E-state index in [1.165, 1.54) is 0 Å². The molecule has 2 aliphatic heterocycles. The van der Waals surface area contributed by atoms with Crippen LogP contribution in [0.1, 0.15) is 19.3 Å². The van der Waals surface area contributed by atoms with Crippen LogP contribution in [0.4, 0.5) is 0 Å². The van der Waals surface area contributed by atoms with Crippen LogP contribution in [0.25, 0.3) is 10.9 Å². The smallest absolute Gasteiger partial charge is 0.240 e. The third-order valence-corrected chi connectivity index (χ3v) is 7.36. The Bertz CT molecular complexity index is 898. The minimum atomic E-state index is -2.84. The molecule has 3 heterocycles. The summed E-state index contributed by atoms with van der Waals surface area (Å²) >= 11 is 0. The molecule has 0 bridgehead atoms. The number of nitrogens with zero attached hydrogens (tertiary/aromatic N) is 2. The highest BCUT2D eigenvalue weighted by atomic mass is 32.2. The van der Waals surface area contributed by atoms with Crippen LogP contribution in [0, 0.1) is 0 Å². The van der Waals surface area contributed by atoms with Gasteiger partial charge in [-0.1, -0.05) is 18.2 Å². The van der Waals surface area contributed by atoms with E-state index in [0.29, 0.717) is 18.1 Å². The first-order valence-corrected chi connectivity index (χ1v) is 11.1. The van der Waals surface area contributed by atoms with Crippen molar-refractivity contribution in [3.63, 3.8) is 0 Å². The van der Waals surface area contributed by atoms with Gasteiger partial charge >= 0.3 is 0 Å². The van der Waals surface area contributed by atoms with Crippen LogP contribution in [0.15, 0.2) is 36.5 Å². The van der Waals surface area contributed by atoms with Gasteiger partial charge in [0.2, 0.25) is 5.91 Å². The summed E-state index contributed by atoms with van der Waals surface area (Å²) in [7, 11) is -2.84. The van der Waals surface area contributed by atoms with Gasteiger partial charge in [0.15, 0.2) is 9.84 Å². The second-order valence-corrected chi connectivity index (χ2v) is 9.67. The molecule has 2 aromatic rings. The van der Waals surface area contributed by atoms with Crippen molar-refractivity contribution in [1.29, 1.82) is 0 Å². The van der Waals surface area contributed by atoms with Crippen LogP contribution in [0.5, 0.6) is 0 Å². The van der Waals surface area contributed by atoms with E-state index in [4.69, 9.17) is 0 Å². The van der Waals surface area contributed by atoms with Crippen molar-refractivity contribution in [3.8, 4) is 0 Å². The van der Waals surface area contributed by atoms with Gasteiger partial charge in [-0.15, -0.1) is 0 Å². The number of hydrogen-bond acceptors (Lipinski definition) is 4. The number of hydrogen-bond donors (Lipinski definition) is 1. The second-order valence-electron chi connectivity index (χ2n) is 7.44. The Hall–Kier alpha value is -1.86. The van der Waals surface area contributed by atoms with E-state index in [-0.39, 0.29) is 18.0 Å². The van der Waals surface area contributed by atoms with E-state index in [9.17, 15) is 13.2 Å². The van der Waals surface area contributed by atoms with Gasteiger partial charge in [0.05, 0.1) is 11.5 Å². The van der Waals surface area contributed by atoms with Crippen molar-refractivity contribution >= 4 is 26.6 Å². The maximum atomic E-state index is 12.4. The molecule has 6 nitrogen and oxygen atoms in total. The van der Waals surface area contributed by atoms with Gasteiger partial charge in [-0.3, -0.25) is 9.69 Å².